The van der Waals surface area contributed by atoms with E-state index in [4.69, 9.17) is 11.5 Å². The summed E-state index contributed by atoms with van der Waals surface area (Å²) in [6.07, 6.45) is 1.07. The minimum absolute atomic E-state index is 0. The molecule has 0 radical (unpaired) electrons. The average Bonchev–Trinajstić information content (AvgIpc) is 2.65. The summed E-state index contributed by atoms with van der Waals surface area (Å²) in [5.74, 6) is -0.380. The number of halogens is 1. The van der Waals surface area contributed by atoms with Crippen molar-refractivity contribution >= 4 is 18.3 Å². The van der Waals surface area contributed by atoms with Gasteiger partial charge in [-0.1, -0.05) is 12.1 Å². The van der Waals surface area contributed by atoms with Crippen LogP contribution in [0.1, 0.15) is 22.3 Å². The van der Waals surface area contributed by atoms with Gasteiger partial charge in [0.25, 0.3) is 0 Å². The minimum atomic E-state index is -0.380. The van der Waals surface area contributed by atoms with Crippen LogP contribution in [0.2, 0.25) is 0 Å². The number of nitrogens with zero attached hydrogens (tertiary/aromatic N) is 1. The van der Waals surface area contributed by atoms with E-state index in [9.17, 15) is 4.79 Å². The van der Waals surface area contributed by atoms with Gasteiger partial charge in [-0.05, 0) is 24.1 Å². The molecule has 1 aliphatic heterocycles. The molecule has 94 valence electrons. The van der Waals surface area contributed by atoms with Gasteiger partial charge in [-0.25, -0.2) is 0 Å². The molecule has 5 heteroatoms. The molecule has 0 unspecified atom stereocenters. The second-order valence-corrected chi connectivity index (χ2v) is 4.35. The fraction of sp³-hybridized carbons (Fsp3) is 0.417. The first-order valence-electron chi connectivity index (χ1n) is 5.52. The van der Waals surface area contributed by atoms with E-state index in [0.29, 0.717) is 11.6 Å². The molecule has 1 aromatic rings. The van der Waals surface area contributed by atoms with E-state index in [-0.39, 0.29) is 18.3 Å². The molecule has 2 rings (SSSR count). The zero-order valence-corrected chi connectivity index (χ0v) is 10.5. The van der Waals surface area contributed by atoms with Crippen LogP contribution in [-0.2, 0) is 6.54 Å². The molecule has 1 heterocycles. The predicted octanol–water partition coefficient (Wildman–Crippen LogP) is 0.740. The Labute approximate surface area is 107 Å². The Morgan fingerprint density at radius 2 is 2.00 bits per heavy atom. The van der Waals surface area contributed by atoms with E-state index >= 15 is 0 Å². The van der Waals surface area contributed by atoms with Crippen molar-refractivity contribution in [2.24, 2.45) is 11.5 Å². The number of primary amides is 1. The predicted molar refractivity (Wildman–Crippen MR) is 70.1 cm³/mol. The Balaban J connectivity index is 0.00000144. The third kappa shape index (κ3) is 3.70. The normalized spacial score (nSPS) is 19.9. The number of amides is 1. The van der Waals surface area contributed by atoms with Gasteiger partial charge in [0.05, 0.1) is 0 Å². The van der Waals surface area contributed by atoms with Gasteiger partial charge in [0.2, 0.25) is 5.91 Å². The van der Waals surface area contributed by atoms with Crippen LogP contribution in [0, 0.1) is 0 Å². The van der Waals surface area contributed by atoms with Crippen molar-refractivity contribution in [3.8, 4) is 0 Å². The molecule has 1 saturated heterocycles. The van der Waals surface area contributed by atoms with Crippen molar-refractivity contribution in [2.45, 2.75) is 19.0 Å². The minimum Gasteiger partial charge on any atom is -0.366 e. The quantitative estimate of drug-likeness (QED) is 0.837. The lowest BCUT2D eigenvalue weighted by atomic mass is 10.1. The van der Waals surface area contributed by atoms with Gasteiger partial charge in [0.15, 0.2) is 0 Å². The van der Waals surface area contributed by atoms with Crippen molar-refractivity contribution in [3.63, 3.8) is 0 Å². The van der Waals surface area contributed by atoms with Gasteiger partial charge >= 0.3 is 0 Å². The first-order chi connectivity index (χ1) is 7.65. The molecule has 0 bridgehead atoms. The van der Waals surface area contributed by atoms with Crippen LogP contribution in [0.4, 0.5) is 0 Å². The van der Waals surface area contributed by atoms with Crippen LogP contribution >= 0.6 is 12.4 Å². The number of benzene rings is 1. The van der Waals surface area contributed by atoms with Gasteiger partial charge in [-0.2, -0.15) is 0 Å². The molecule has 0 aromatic heterocycles. The van der Waals surface area contributed by atoms with Gasteiger partial charge in [0, 0.05) is 31.2 Å². The fourth-order valence-corrected chi connectivity index (χ4v) is 2.04. The van der Waals surface area contributed by atoms with Crippen molar-refractivity contribution in [2.75, 3.05) is 13.1 Å². The summed E-state index contributed by atoms with van der Waals surface area (Å²) >= 11 is 0. The van der Waals surface area contributed by atoms with E-state index in [1.165, 1.54) is 5.56 Å². The molecule has 0 spiro atoms. The highest BCUT2D eigenvalue weighted by Crippen LogP contribution is 2.12. The fourth-order valence-electron chi connectivity index (χ4n) is 2.04. The summed E-state index contributed by atoms with van der Waals surface area (Å²) in [7, 11) is 0. The molecule has 4 N–H and O–H groups in total. The lowest BCUT2D eigenvalue weighted by molar-refractivity contribution is 0.100. The molecule has 1 fully saturated rings. The smallest absolute Gasteiger partial charge is 0.248 e. The Morgan fingerprint density at radius 3 is 2.47 bits per heavy atom. The van der Waals surface area contributed by atoms with Gasteiger partial charge in [-0.3, -0.25) is 9.69 Å². The summed E-state index contributed by atoms with van der Waals surface area (Å²) in [6, 6.07) is 7.75. The molecule has 1 aliphatic rings. The lowest BCUT2D eigenvalue weighted by Crippen LogP contribution is -2.26. The van der Waals surface area contributed by atoms with Crippen molar-refractivity contribution < 1.29 is 4.79 Å². The van der Waals surface area contributed by atoms with Crippen LogP contribution in [0.3, 0.4) is 0 Å². The lowest BCUT2D eigenvalue weighted by Gasteiger charge is -2.15. The van der Waals surface area contributed by atoms with Crippen molar-refractivity contribution in [3.05, 3.63) is 35.4 Å². The average molecular weight is 256 g/mol. The standard InChI is InChI=1S/C12H17N3O.ClH/c13-11-5-6-15(8-11)7-9-1-3-10(4-2-9)12(14)16;/h1-4,11H,5-8,13H2,(H2,14,16);1H/t11-;/m1./s1. The Kier molecular flexibility index (Phi) is 4.93. The number of hydrogen-bond acceptors (Lipinski definition) is 3. The van der Waals surface area contributed by atoms with E-state index in [1.807, 2.05) is 12.1 Å². The third-order valence-electron chi connectivity index (χ3n) is 2.95. The molecular formula is C12H18ClN3O. The highest BCUT2D eigenvalue weighted by molar-refractivity contribution is 5.92. The maximum Gasteiger partial charge on any atom is 0.248 e. The maximum atomic E-state index is 10.9. The monoisotopic (exact) mass is 255 g/mol. The number of rotatable bonds is 3. The number of nitrogens with two attached hydrogens (primary N) is 2. The van der Waals surface area contributed by atoms with Crippen LogP contribution in [0.15, 0.2) is 24.3 Å². The van der Waals surface area contributed by atoms with E-state index in [1.54, 1.807) is 12.1 Å². The molecular weight excluding hydrogens is 238 g/mol. The Bertz CT molecular complexity index is 380. The third-order valence-corrected chi connectivity index (χ3v) is 2.95. The number of hydrogen-bond donors (Lipinski definition) is 2. The zero-order chi connectivity index (χ0) is 11.5. The largest absolute Gasteiger partial charge is 0.366 e. The van der Waals surface area contributed by atoms with E-state index in [0.717, 1.165) is 26.1 Å². The molecule has 4 nitrogen and oxygen atoms in total. The van der Waals surface area contributed by atoms with E-state index in [2.05, 4.69) is 4.90 Å². The second-order valence-electron chi connectivity index (χ2n) is 4.35. The molecule has 1 amide bonds. The molecule has 1 atom stereocenters. The zero-order valence-electron chi connectivity index (χ0n) is 9.63. The maximum absolute atomic E-state index is 10.9. The first-order valence-corrected chi connectivity index (χ1v) is 5.52. The number of carbonyl (C=O) groups excluding carboxylic acids is 1. The van der Waals surface area contributed by atoms with Crippen LogP contribution in [0.5, 0.6) is 0 Å². The van der Waals surface area contributed by atoms with E-state index < -0.39 is 0 Å². The second kappa shape index (κ2) is 6.00. The van der Waals surface area contributed by atoms with Gasteiger partial charge in [-0.15, -0.1) is 12.4 Å². The van der Waals surface area contributed by atoms with Gasteiger partial charge in [0.1, 0.15) is 0 Å². The molecule has 17 heavy (non-hydrogen) atoms. The van der Waals surface area contributed by atoms with Crippen LogP contribution in [0.25, 0.3) is 0 Å². The Hall–Kier alpha value is -1.10. The highest BCUT2D eigenvalue weighted by Gasteiger charge is 2.18. The topological polar surface area (TPSA) is 72.4 Å². The summed E-state index contributed by atoms with van der Waals surface area (Å²) < 4.78 is 0. The highest BCUT2D eigenvalue weighted by atomic mass is 35.5. The van der Waals surface area contributed by atoms with Crippen molar-refractivity contribution in [1.82, 2.24) is 4.90 Å². The summed E-state index contributed by atoms with van der Waals surface area (Å²) in [4.78, 5) is 13.2. The Morgan fingerprint density at radius 1 is 1.35 bits per heavy atom. The summed E-state index contributed by atoms with van der Waals surface area (Å²) in [6.45, 7) is 2.91. The van der Waals surface area contributed by atoms with Crippen molar-refractivity contribution in [1.29, 1.82) is 0 Å². The summed E-state index contributed by atoms with van der Waals surface area (Å²) in [5.41, 5.74) is 12.8. The van der Waals surface area contributed by atoms with Crippen LogP contribution < -0.4 is 11.5 Å². The molecule has 0 saturated carbocycles. The molecule has 1 aromatic carbocycles. The number of carbonyl (C=O) groups is 1. The number of likely N-dealkylation sites (tertiary alicyclic amines) is 1. The SMILES string of the molecule is Cl.NC(=O)c1ccc(CN2CC[C@@H](N)C2)cc1. The van der Waals surface area contributed by atoms with Gasteiger partial charge < -0.3 is 11.5 Å². The molecule has 0 aliphatic carbocycles. The van der Waals surface area contributed by atoms with Crippen LogP contribution in [-0.4, -0.2) is 29.9 Å². The first kappa shape index (κ1) is 14.0. The summed E-state index contributed by atoms with van der Waals surface area (Å²) in [5, 5.41) is 0.